The Balaban J connectivity index is 1.07. The number of ether oxygens (including phenoxy) is 1. The minimum atomic E-state index is -2.68. The second-order valence-electron chi connectivity index (χ2n) is 18.9. The number of halogens is 1. The number of methoxy groups -OCH3 is 1. The zero-order valence-electron chi connectivity index (χ0n) is 33.5. The highest BCUT2D eigenvalue weighted by Crippen LogP contribution is 2.68. The average molecular weight is 737 g/mol. The molecule has 3 saturated carbocycles. The van der Waals surface area contributed by atoms with E-state index in [4.69, 9.17) is 9.16 Å². The number of hydrogen-bond donors (Lipinski definition) is 1. The number of aliphatic hydroxyl groups is 1. The Morgan fingerprint density at radius 2 is 1.42 bits per heavy atom. The van der Waals surface area contributed by atoms with E-state index in [-0.39, 0.29) is 27.8 Å². The molecular weight excluding hydrogens is 672 g/mol. The van der Waals surface area contributed by atoms with Gasteiger partial charge in [0, 0.05) is 18.1 Å². The molecule has 3 fully saturated rings. The summed E-state index contributed by atoms with van der Waals surface area (Å²) in [6.07, 6.45) is 10.7. The molecule has 9 atom stereocenters. The Bertz CT molecular complexity index is 1690. The van der Waals surface area contributed by atoms with Crippen molar-refractivity contribution in [3.05, 3.63) is 102 Å². The fourth-order valence-electron chi connectivity index (χ4n) is 12.5. The molecule has 2 unspecified atom stereocenters. The van der Waals surface area contributed by atoms with Crippen molar-refractivity contribution in [2.24, 2.45) is 40.4 Å². The molecule has 4 aliphatic rings. The monoisotopic (exact) mass is 736 g/mol. The first-order valence-corrected chi connectivity index (χ1v) is 22.7. The second-order valence-corrected chi connectivity index (χ2v) is 23.2. The lowest BCUT2D eigenvalue weighted by Crippen LogP contribution is -2.68. The van der Waals surface area contributed by atoms with Gasteiger partial charge in [-0.2, -0.15) is 0 Å². The number of para-hydroxylation sites is 1. The fourth-order valence-corrected chi connectivity index (χ4v) is 17.2. The Labute approximate surface area is 320 Å². The molecule has 4 aliphatic carbocycles. The van der Waals surface area contributed by atoms with Crippen LogP contribution in [0.15, 0.2) is 96.3 Å². The van der Waals surface area contributed by atoms with E-state index in [1.54, 1.807) is 7.11 Å². The summed E-state index contributed by atoms with van der Waals surface area (Å²) in [5, 5.41) is 13.6. The molecule has 0 bridgehead atoms. The normalized spacial score (nSPS) is 31.3. The summed E-state index contributed by atoms with van der Waals surface area (Å²) in [5.74, 6) is 3.15. The van der Waals surface area contributed by atoms with Crippen molar-refractivity contribution in [2.75, 3.05) is 7.11 Å². The molecule has 286 valence electrons. The number of rotatable bonds is 11. The summed E-state index contributed by atoms with van der Waals surface area (Å²) >= 11 is 0. The van der Waals surface area contributed by atoms with Crippen molar-refractivity contribution < 1.29 is 18.7 Å². The maximum atomic E-state index is 16.9. The molecule has 0 spiro atoms. The molecule has 0 aromatic heterocycles. The van der Waals surface area contributed by atoms with Gasteiger partial charge in [0.15, 0.2) is 0 Å². The number of allylic oxidation sites excluding steroid dienone is 2. The molecule has 3 aromatic carbocycles. The summed E-state index contributed by atoms with van der Waals surface area (Å²) in [4.78, 5) is 0. The van der Waals surface area contributed by atoms with Gasteiger partial charge in [0.2, 0.25) is 0 Å². The highest BCUT2D eigenvalue weighted by Gasteiger charge is 2.61. The first-order valence-electron chi connectivity index (χ1n) is 20.8. The lowest BCUT2D eigenvalue weighted by Gasteiger charge is -2.59. The van der Waals surface area contributed by atoms with Gasteiger partial charge in [-0.05, 0) is 119 Å². The second kappa shape index (κ2) is 15.1. The molecular formula is C48H65FO3Si. The van der Waals surface area contributed by atoms with Gasteiger partial charge in [0.05, 0.1) is 13.2 Å². The van der Waals surface area contributed by atoms with Crippen LogP contribution in [0.2, 0.25) is 5.04 Å². The van der Waals surface area contributed by atoms with Crippen molar-refractivity contribution in [1.29, 1.82) is 0 Å². The summed E-state index contributed by atoms with van der Waals surface area (Å²) < 4.78 is 30.1. The highest BCUT2D eigenvalue weighted by atomic mass is 28.4. The van der Waals surface area contributed by atoms with Gasteiger partial charge in [-0.25, -0.2) is 4.39 Å². The van der Waals surface area contributed by atoms with Crippen LogP contribution >= 0.6 is 0 Å². The Morgan fingerprint density at radius 1 is 0.811 bits per heavy atom. The van der Waals surface area contributed by atoms with Crippen molar-refractivity contribution >= 4 is 18.7 Å². The van der Waals surface area contributed by atoms with Gasteiger partial charge in [-0.15, -0.1) is 0 Å². The molecule has 7 rings (SSSR count). The van der Waals surface area contributed by atoms with Crippen LogP contribution in [0.1, 0.15) is 124 Å². The summed E-state index contributed by atoms with van der Waals surface area (Å²) in [6.45, 7) is 14.6. The zero-order valence-corrected chi connectivity index (χ0v) is 34.5. The van der Waals surface area contributed by atoms with E-state index in [1.165, 1.54) is 28.8 Å². The molecule has 0 heterocycles. The minimum Gasteiger partial charge on any atom is -0.496 e. The van der Waals surface area contributed by atoms with Gasteiger partial charge in [0.25, 0.3) is 8.32 Å². The summed E-state index contributed by atoms with van der Waals surface area (Å²) in [7, 11) is -1.01. The van der Waals surface area contributed by atoms with Gasteiger partial charge >= 0.3 is 0 Å². The largest absolute Gasteiger partial charge is 0.496 e. The predicted octanol–water partition coefficient (Wildman–Crippen LogP) is 11.4. The third-order valence-electron chi connectivity index (χ3n) is 15.2. The maximum absolute atomic E-state index is 16.9. The fraction of sp³-hybridized carbons (Fsp3) is 0.583. The number of aliphatic hydroxyl groups excluding tert-OH is 1. The zero-order chi connectivity index (χ0) is 37.6. The van der Waals surface area contributed by atoms with Gasteiger partial charge in [-0.3, -0.25) is 0 Å². The van der Waals surface area contributed by atoms with E-state index in [9.17, 15) is 5.11 Å². The molecule has 0 saturated heterocycles. The molecule has 0 radical (unpaired) electrons. The third-order valence-corrected chi connectivity index (χ3v) is 20.3. The molecule has 3 nitrogen and oxygen atoms in total. The van der Waals surface area contributed by atoms with Crippen LogP contribution in [0.25, 0.3) is 0 Å². The molecule has 0 aliphatic heterocycles. The van der Waals surface area contributed by atoms with Crippen LogP contribution in [0, 0.1) is 40.4 Å². The van der Waals surface area contributed by atoms with Crippen LogP contribution in [0.3, 0.4) is 0 Å². The number of fused-ring (bicyclic) bond motifs is 5. The summed E-state index contributed by atoms with van der Waals surface area (Å²) in [5.41, 5.74) is 2.38. The lowest BCUT2D eigenvalue weighted by atomic mass is 9.47. The first-order chi connectivity index (χ1) is 25.3. The van der Waals surface area contributed by atoms with E-state index in [0.29, 0.717) is 36.0 Å². The standard InChI is InChI=1S/C48H65FO3Si/c1-33(17-16-23-43(50)38-22-14-15-24-44(38)51-7)39-25-26-40-45-41(28-30-48(39,40)6)47(5)29-27-35(31-34(47)32-42(45)49)52-53(46(2,3)4,36-18-10-8-11-19-36)37-20-12-9-13-21-37/h8-15,18-22,24,33-35,39-41,43,50H,16-17,23,25-32H2,1-7H3/t33-,34?,35+,39-,40+,41+,43?,47+,48-/m1/s1. The average Bonchev–Trinajstić information content (AvgIpc) is 3.51. The van der Waals surface area contributed by atoms with E-state index in [2.05, 4.69) is 102 Å². The quantitative estimate of drug-likeness (QED) is 0.199. The predicted molar refractivity (Wildman–Crippen MR) is 219 cm³/mol. The van der Waals surface area contributed by atoms with Gasteiger partial charge in [-0.1, -0.05) is 133 Å². The molecule has 0 amide bonds. The van der Waals surface area contributed by atoms with Crippen LogP contribution in [0.5, 0.6) is 5.75 Å². The SMILES string of the molecule is COc1ccccc1C(O)CCC[C@@H](C)[C@H]1CC[C@H]2C3=C(F)CC4C[C@@H](O[Si](c5ccccc5)(c5ccccc5)C(C)(C)C)CC[C@]4(C)[C@H]3CC[C@]12C. The molecule has 5 heteroatoms. The maximum Gasteiger partial charge on any atom is 0.261 e. The van der Waals surface area contributed by atoms with Crippen LogP contribution in [0.4, 0.5) is 4.39 Å². The number of benzene rings is 3. The Hall–Kier alpha value is -2.73. The van der Waals surface area contributed by atoms with E-state index >= 15 is 4.39 Å². The summed E-state index contributed by atoms with van der Waals surface area (Å²) in [6, 6.07) is 29.8. The molecule has 1 N–H and O–H groups in total. The van der Waals surface area contributed by atoms with E-state index in [0.717, 1.165) is 62.7 Å². The van der Waals surface area contributed by atoms with Gasteiger partial charge in [0.1, 0.15) is 11.6 Å². The minimum absolute atomic E-state index is 0.0689. The van der Waals surface area contributed by atoms with Crippen LogP contribution < -0.4 is 15.1 Å². The molecule has 53 heavy (non-hydrogen) atoms. The van der Waals surface area contributed by atoms with Crippen LogP contribution in [-0.2, 0) is 4.43 Å². The van der Waals surface area contributed by atoms with Crippen molar-refractivity contribution in [2.45, 2.75) is 129 Å². The molecule has 3 aromatic rings. The van der Waals surface area contributed by atoms with Crippen molar-refractivity contribution in [3.8, 4) is 5.75 Å². The smallest absolute Gasteiger partial charge is 0.261 e. The van der Waals surface area contributed by atoms with Gasteiger partial charge < -0.3 is 14.3 Å². The topological polar surface area (TPSA) is 38.7 Å². The first kappa shape index (κ1) is 38.5. The lowest BCUT2D eigenvalue weighted by molar-refractivity contribution is -0.0459. The van der Waals surface area contributed by atoms with Crippen LogP contribution in [-0.4, -0.2) is 26.6 Å². The highest BCUT2D eigenvalue weighted by molar-refractivity contribution is 6.99. The third kappa shape index (κ3) is 6.80. The van der Waals surface area contributed by atoms with Crippen molar-refractivity contribution in [3.63, 3.8) is 0 Å². The Morgan fingerprint density at radius 3 is 2.06 bits per heavy atom. The van der Waals surface area contributed by atoms with Crippen molar-refractivity contribution in [1.82, 2.24) is 0 Å². The Kier molecular flexibility index (Phi) is 11.0. The van der Waals surface area contributed by atoms with E-state index in [1.807, 2.05) is 24.3 Å². The van der Waals surface area contributed by atoms with E-state index < -0.39 is 14.4 Å². The number of hydrogen-bond acceptors (Lipinski definition) is 3.